The normalized spacial score (nSPS) is 19.9. The first-order valence-electron chi connectivity index (χ1n) is 9.00. The number of hydrogen-bond acceptors (Lipinski definition) is 4. The van der Waals surface area contributed by atoms with Crippen LogP contribution < -0.4 is 10.1 Å². The number of carbonyl (C=O) groups excluding carboxylic acids is 1. The summed E-state index contributed by atoms with van der Waals surface area (Å²) < 4.78 is 10.4. The van der Waals surface area contributed by atoms with Gasteiger partial charge in [0.05, 0.1) is 25.8 Å². The Morgan fingerprint density at radius 2 is 1.85 bits per heavy atom. The lowest BCUT2D eigenvalue weighted by Crippen LogP contribution is -2.48. The van der Waals surface area contributed by atoms with E-state index >= 15 is 0 Å². The largest absolute Gasteiger partial charge is 0.497 e. The van der Waals surface area contributed by atoms with Crippen molar-refractivity contribution in [3.8, 4) is 5.75 Å². The van der Waals surface area contributed by atoms with Crippen molar-refractivity contribution in [3.63, 3.8) is 0 Å². The zero-order valence-electron chi connectivity index (χ0n) is 15.6. The predicted octanol–water partition coefficient (Wildman–Crippen LogP) is 3.69. The summed E-state index contributed by atoms with van der Waals surface area (Å²) >= 11 is 5.61. The summed E-state index contributed by atoms with van der Waals surface area (Å²) in [5, 5.41) is 6.19. The second-order valence-corrected chi connectivity index (χ2v) is 7.33. The highest BCUT2D eigenvalue weighted by Crippen LogP contribution is 2.38. The van der Waals surface area contributed by atoms with E-state index in [0.717, 1.165) is 40.6 Å². The van der Waals surface area contributed by atoms with Crippen LogP contribution in [0.3, 0.4) is 0 Å². The monoisotopic (exact) mass is 382 g/mol. The van der Waals surface area contributed by atoms with Crippen molar-refractivity contribution < 1.29 is 14.3 Å². The van der Waals surface area contributed by atoms with E-state index < -0.39 is 0 Å². The van der Waals surface area contributed by atoms with Gasteiger partial charge in [0.2, 0.25) is 0 Å². The minimum Gasteiger partial charge on any atom is -0.497 e. The van der Waals surface area contributed by atoms with Gasteiger partial charge < -0.3 is 19.7 Å². The molecule has 6 heteroatoms. The topological polar surface area (TPSA) is 50.8 Å². The Labute approximate surface area is 163 Å². The van der Waals surface area contributed by atoms with Crippen LogP contribution in [0.25, 0.3) is 10.8 Å². The molecule has 2 aromatic rings. The van der Waals surface area contributed by atoms with E-state index in [-0.39, 0.29) is 12.0 Å². The summed E-state index contributed by atoms with van der Waals surface area (Å²) in [5.74, 6) is 0.492. The van der Waals surface area contributed by atoms with E-state index in [1.807, 2.05) is 37.3 Å². The third-order valence-corrected chi connectivity index (χ3v) is 5.56. The van der Waals surface area contributed by atoms with Crippen LogP contribution in [0.2, 0.25) is 0 Å². The number of ether oxygens (including phenoxy) is 2. The van der Waals surface area contributed by atoms with Crippen LogP contribution in [0, 0.1) is 0 Å². The molecule has 0 bridgehead atoms. The molecule has 1 aliphatic carbocycles. The first kappa shape index (κ1) is 17.8. The Kier molecular flexibility index (Phi) is 4.52. The number of benzene rings is 2. The molecule has 2 aromatic carbocycles. The van der Waals surface area contributed by atoms with E-state index in [0.29, 0.717) is 16.7 Å². The van der Waals surface area contributed by atoms with Crippen LogP contribution in [0.1, 0.15) is 31.4 Å². The van der Waals surface area contributed by atoms with Crippen LogP contribution in [0.15, 0.2) is 47.7 Å². The average Bonchev–Trinajstić information content (AvgIpc) is 3.51. The fraction of sp³-hybridized carbons (Fsp3) is 0.333. The van der Waals surface area contributed by atoms with Gasteiger partial charge in [-0.1, -0.05) is 18.2 Å². The van der Waals surface area contributed by atoms with Crippen molar-refractivity contribution in [2.45, 2.75) is 31.8 Å². The number of rotatable bonds is 4. The molecular formula is C21H22N2O3S. The number of nitrogens with one attached hydrogen (secondary N) is 1. The van der Waals surface area contributed by atoms with Gasteiger partial charge in [-0.25, -0.2) is 4.79 Å². The van der Waals surface area contributed by atoms with Gasteiger partial charge in [-0.05, 0) is 66.5 Å². The number of methoxy groups -OCH3 is 2. The number of hydrogen-bond donors (Lipinski definition) is 1. The fourth-order valence-electron chi connectivity index (χ4n) is 3.70. The molecule has 0 aromatic heterocycles. The first-order valence-corrected chi connectivity index (χ1v) is 9.41. The molecule has 1 aliphatic heterocycles. The van der Waals surface area contributed by atoms with Crippen LogP contribution in [-0.2, 0) is 9.53 Å². The Bertz CT molecular complexity index is 965. The molecule has 1 fully saturated rings. The van der Waals surface area contributed by atoms with E-state index in [9.17, 15) is 4.79 Å². The summed E-state index contributed by atoms with van der Waals surface area (Å²) in [6, 6.07) is 12.1. The molecule has 1 atom stereocenters. The van der Waals surface area contributed by atoms with Crippen molar-refractivity contribution >= 4 is 34.1 Å². The number of esters is 1. The van der Waals surface area contributed by atoms with E-state index in [2.05, 4.69) is 16.3 Å². The zero-order valence-corrected chi connectivity index (χ0v) is 16.4. The minimum atomic E-state index is -0.327. The highest BCUT2D eigenvalue weighted by Gasteiger charge is 2.40. The van der Waals surface area contributed by atoms with E-state index in [1.165, 1.54) is 7.11 Å². The lowest BCUT2D eigenvalue weighted by molar-refractivity contribution is -0.136. The van der Waals surface area contributed by atoms with Crippen molar-refractivity contribution in [1.29, 1.82) is 0 Å². The number of fused-ring (bicyclic) bond motifs is 1. The Balaban J connectivity index is 1.79. The predicted molar refractivity (Wildman–Crippen MR) is 109 cm³/mol. The lowest BCUT2D eigenvalue weighted by Gasteiger charge is -2.37. The van der Waals surface area contributed by atoms with Gasteiger partial charge in [-0.2, -0.15) is 0 Å². The van der Waals surface area contributed by atoms with Crippen molar-refractivity contribution in [3.05, 3.63) is 53.2 Å². The van der Waals surface area contributed by atoms with Gasteiger partial charge in [-0.15, -0.1) is 0 Å². The van der Waals surface area contributed by atoms with Crippen molar-refractivity contribution in [1.82, 2.24) is 10.2 Å². The maximum Gasteiger partial charge on any atom is 0.337 e. The molecule has 27 heavy (non-hydrogen) atoms. The number of allylic oxidation sites excluding steroid dienone is 1. The van der Waals surface area contributed by atoms with Crippen LogP contribution >= 0.6 is 12.2 Å². The molecule has 140 valence electrons. The quantitative estimate of drug-likeness (QED) is 0.643. The highest BCUT2D eigenvalue weighted by atomic mass is 32.1. The van der Waals surface area contributed by atoms with Crippen molar-refractivity contribution in [2.24, 2.45) is 0 Å². The molecule has 0 amide bonds. The standard InChI is InChI=1S/C21H22N2O3S/c1-12-18(20(24)26-3)19(22-21(27)23(12)16-7-8-16)15-5-4-14-11-17(25-2)9-6-13(14)10-15/h4-6,9-11,16,19H,7-8H2,1-3H3,(H,22,27)/t19-/m0/s1. The molecule has 0 spiro atoms. The van der Waals surface area contributed by atoms with Gasteiger partial charge in [0, 0.05) is 11.7 Å². The molecule has 1 saturated carbocycles. The van der Waals surface area contributed by atoms with Gasteiger partial charge >= 0.3 is 5.97 Å². The molecule has 2 aliphatic rings. The maximum absolute atomic E-state index is 12.6. The third kappa shape index (κ3) is 3.14. The number of nitrogens with zero attached hydrogens (tertiary/aromatic N) is 1. The molecule has 4 rings (SSSR count). The molecule has 5 nitrogen and oxygen atoms in total. The van der Waals surface area contributed by atoms with Gasteiger partial charge in [0.1, 0.15) is 5.75 Å². The van der Waals surface area contributed by atoms with Crippen LogP contribution in [0.5, 0.6) is 5.75 Å². The van der Waals surface area contributed by atoms with Gasteiger partial charge in [-0.3, -0.25) is 0 Å². The first-order chi connectivity index (χ1) is 13.0. The molecule has 1 heterocycles. The van der Waals surface area contributed by atoms with Crippen molar-refractivity contribution in [2.75, 3.05) is 14.2 Å². The van der Waals surface area contributed by atoms with Crippen LogP contribution in [0.4, 0.5) is 0 Å². The summed E-state index contributed by atoms with van der Waals surface area (Å²) in [4.78, 5) is 14.7. The second kappa shape index (κ2) is 6.85. The molecule has 0 radical (unpaired) electrons. The van der Waals surface area contributed by atoms with E-state index in [1.54, 1.807) is 7.11 Å². The molecule has 1 N–H and O–H groups in total. The zero-order chi connectivity index (χ0) is 19.1. The summed E-state index contributed by atoms with van der Waals surface area (Å²) in [6.07, 6.45) is 2.19. The van der Waals surface area contributed by atoms with Crippen LogP contribution in [-0.4, -0.2) is 36.2 Å². The fourth-order valence-corrected chi connectivity index (χ4v) is 4.11. The highest BCUT2D eigenvalue weighted by molar-refractivity contribution is 7.80. The SMILES string of the molecule is COC(=O)C1=C(C)N(C2CC2)C(=S)N[C@H]1c1ccc2cc(OC)ccc2c1. The number of thiocarbonyl (C=S) groups is 1. The Hall–Kier alpha value is -2.60. The summed E-state index contributed by atoms with van der Waals surface area (Å²) in [6.45, 7) is 1.95. The van der Waals surface area contributed by atoms with Gasteiger partial charge in [0.25, 0.3) is 0 Å². The third-order valence-electron chi connectivity index (χ3n) is 5.25. The Morgan fingerprint density at radius 1 is 1.15 bits per heavy atom. The minimum absolute atomic E-state index is 0.326. The number of carbonyl (C=O) groups is 1. The smallest absolute Gasteiger partial charge is 0.337 e. The molecular weight excluding hydrogens is 360 g/mol. The summed E-state index contributed by atoms with van der Waals surface area (Å²) in [7, 11) is 3.07. The Morgan fingerprint density at radius 3 is 2.52 bits per heavy atom. The average molecular weight is 382 g/mol. The molecule has 0 unspecified atom stereocenters. The van der Waals surface area contributed by atoms with Gasteiger partial charge in [0.15, 0.2) is 5.11 Å². The molecule has 0 saturated heterocycles. The lowest BCUT2D eigenvalue weighted by atomic mass is 9.93. The maximum atomic E-state index is 12.6. The second-order valence-electron chi connectivity index (χ2n) is 6.95. The summed E-state index contributed by atoms with van der Waals surface area (Å²) in [5.41, 5.74) is 2.48. The van der Waals surface area contributed by atoms with E-state index in [4.69, 9.17) is 21.7 Å².